The molecule has 0 radical (unpaired) electrons. The van der Waals surface area contributed by atoms with E-state index in [1.54, 1.807) is 39.8 Å². The Bertz CT molecular complexity index is 596. The molecular formula is C16H24N4O5. The molecule has 0 aliphatic carbocycles. The van der Waals surface area contributed by atoms with Gasteiger partial charge in [-0.2, -0.15) is 0 Å². The summed E-state index contributed by atoms with van der Waals surface area (Å²) in [7, 11) is 0. The lowest BCUT2D eigenvalue weighted by Crippen LogP contribution is -2.38. The molecule has 9 nitrogen and oxygen atoms in total. The van der Waals surface area contributed by atoms with E-state index in [1.165, 1.54) is 6.20 Å². The first kappa shape index (κ1) is 20.2. The Balaban J connectivity index is 2.38. The molecule has 0 aliphatic rings. The maximum atomic E-state index is 11.6. The summed E-state index contributed by atoms with van der Waals surface area (Å²) in [5, 5.41) is 7.47. The topological polar surface area (TPSA) is 119 Å². The number of hydrogen-bond acceptors (Lipinski definition) is 6. The van der Waals surface area contributed by atoms with Crippen LogP contribution in [-0.2, 0) is 20.8 Å². The van der Waals surface area contributed by atoms with E-state index in [0.717, 1.165) is 5.56 Å². The maximum Gasteiger partial charge on any atom is 0.413 e. The normalized spacial score (nSPS) is 10.6. The molecule has 1 rings (SSSR count). The molecule has 3 amide bonds. The van der Waals surface area contributed by atoms with Crippen molar-refractivity contribution in [1.82, 2.24) is 15.6 Å². The maximum absolute atomic E-state index is 11.6. The summed E-state index contributed by atoms with van der Waals surface area (Å²) < 4.78 is 9.82. The molecule has 0 aromatic carbocycles. The number of nitrogens with one attached hydrogen (secondary N) is 3. The molecule has 0 spiro atoms. The van der Waals surface area contributed by atoms with Gasteiger partial charge in [-0.1, -0.05) is 6.07 Å². The van der Waals surface area contributed by atoms with Crippen LogP contribution >= 0.6 is 0 Å². The first-order chi connectivity index (χ1) is 11.7. The largest absolute Gasteiger partial charge is 0.465 e. The van der Waals surface area contributed by atoms with Crippen molar-refractivity contribution in [2.24, 2.45) is 0 Å². The van der Waals surface area contributed by atoms with E-state index in [1.807, 2.05) is 0 Å². The van der Waals surface area contributed by atoms with Gasteiger partial charge >= 0.3 is 18.1 Å². The molecule has 1 heterocycles. The molecule has 0 atom stereocenters. The zero-order valence-corrected chi connectivity index (χ0v) is 14.8. The minimum absolute atomic E-state index is 0.198. The van der Waals surface area contributed by atoms with Gasteiger partial charge in [-0.15, -0.1) is 0 Å². The molecule has 3 N–H and O–H groups in total. The van der Waals surface area contributed by atoms with Crippen LogP contribution < -0.4 is 16.0 Å². The van der Waals surface area contributed by atoms with Gasteiger partial charge < -0.3 is 20.1 Å². The number of carbonyl (C=O) groups excluding carboxylic acids is 3. The molecule has 25 heavy (non-hydrogen) atoms. The predicted octanol–water partition coefficient (Wildman–Crippen LogP) is 1.79. The fraction of sp³-hybridized carbons (Fsp3) is 0.500. The number of anilines is 1. The third-order valence-electron chi connectivity index (χ3n) is 2.61. The fourth-order valence-corrected chi connectivity index (χ4v) is 1.62. The van der Waals surface area contributed by atoms with Gasteiger partial charge in [0.25, 0.3) is 0 Å². The Morgan fingerprint density at radius 1 is 1.16 bits per heavy atom. The first-order valence-electron chi connectivity index (χ1n) is 7.82. The molecular weight excluding hydrogens is 328 g/mol. The van der Waals surface area contributed by atoms with Gasteiger partial charge in [-0.05, 0) is 39.3 Å². The number of rotatable bonds is 6. The molecule has 138 valence electrons. The molecule has 0 aliphatic heterocycles. The van der Waals surface area contributed by atoms with Gasteiger partial charge in [0, 0.05) is 12.7 Å². The average Bonchev–Trinajstić information content (AvgIpc) is 2.50. The number of pyridine rings is 1. The van der Waals surface area contributed by atoms with E-state index in [-0.39, 0.29) is 19.7 Å². The van der Waals surface area contributed by atoms with Crippen molar-refractivity contribution in [2.75, 3.05) is 18.5 Å². The second kappa shape index (κ2) is 9.45. The van der Waals surface area contributed by atoms with Crippen LogP contribution in [0.4, 0.5) is 15.4 Å². The summed E-state index contributed by atoms with van der Waals surface area (Å²) in [5.74, 6) is -0.165. The lowest BCUT2D eigenvalue weighted by Gasteiger charge is -2.19. The minimum atomic E-state index is -0.593. The quantitative estimate of drug-likeness (QED) is 0.672. The Kier molecular flexibility index (Phi) is 7.64. The van der Waals surface area contributed by atoms with Gasteiger partial charge in [0.2, 0.25) is 0 Å². The van der Waals surface area contributed by atoms with Crippen LogP contribution in [0.5, 0.6) is 0 Å². The number of carbonyl (C=O) groups is 3. The van der Waals surface area contributed by atoms with Crippen molar-refractivity contribution in [3.63, 3.8) is 0 Å². The SMILES string of the molecule is CCOC(=O)CNC(=O)NCc1ccc(NC(=O)OC(C)(C)C)nc1. The zero-order chi connectivity index (χ0) is 18.9. The Morgan fingerprint density at radius 3 is 2.44 bits per heavy atom. The number of aromatic nitrogens is 1. The fourth-order valence-electron chi connectivity index (χ4n) is 1.62. The van der Waals surface area contributed by atoms with E-state index in [9.17, 15) is 14.4 Å². The first-order valence-corrected chi connectivity index (χ1v) is 7.82. The highest BCUT2D eigenvalue weighted by Crippen LogP contribution is 2.10. The van der Waals surface area contributed by atoms with Gasteiger partial charge in [-0.3, -0.25) is 10.1 Å². The van der Waals surface area contributed by atoms with E-state index in [0.29, 0.717) is 5.82 Å². The molecule has 0 saturated heterocycles. The van der Waals surface area contributed by atoms with Gasteiger partial charge in [0.1, 0.15) is 18.0 Å². The van der Waals surface area contributed by atoms with Crippen molar-refractivity contribution in [1.29, 1.82) is 0 Å². The second-order valence-electron chi connectivity index (χ2n) is 6.02. The highest BCUT2D eigenvalue weighted by Gasteiger charge is 2.16. The van der Waals surface area contributed by atoms with Crippen LogP contribution in [0, 0.1) is 0 Å². The Morgan fingerprint density at radius 2 is 1.88 bits per heavy atom. The number of urea groups is 1. The number of esters is 1. The molecule has 0 saturated carbocycles. The standard InChI is InChI=1S/C16H24N4O5/c1-5-24-13(21)10-19-14(22)18-9-11-6-7-12(17-8-11)20-15(23)25-16(2,3)4/h6-8H,5,9-10H2,1-4H3,(H,17,20,23)(H2,18,19,22). The number of ether oxygens (including phenoxy) is 2. The minimum Gasteiger partial charge on any atom is -0.465 e. The molecule has 1 aromatic rings. The summed E-state index contributed by atoms with van der Waals surface area (Å²) in [6, 6.07) is 2.80. The lowest BCUT2D eigenvalue weighted by molar-refractivity contribution is -0.141. The van der Waals surface area contributed by atoms with Gasteiger partial charge in [0.15, 0.2) is 0 Å². The van der Waals surface area contributed by atoms with Crippen LogP contribution in [0.25, 0.3) is 0 Å². The van der Waals surface area contributed by atoms with Crippen molar-refractivity contribution in [3.05, 3.63) is 23.9 Å². The zero-order valence-electron chi connectivity index (χ0n) is 14.8. The Labute approximate surface area is 146 Å². The van der Waals surface area contributed by atoms with Crippen LogP contribution in [-0.4, -0.2) is 41.8 Å². The van der Waals surface area contributed by atoms with E-state index in [4.69, 9.17) is 9.47 Å². The molecule has 1 aromatic heterocycles. The molecule has 0 bridgehead atoms. The second-order valence-corrected chi connectivity index (χ2v) is 6.02. The number of nitrogens with zero attached hydrogens (tertiary/aromatic N) is 1. The summed E-state index contributed by atoms with van der Waals surface area (Å²) >= 11 is 0. The highest BCUT2D eigenvalue weighted by molar-refractivity contribution is 5.83. The lowest BCUT2D eigenvalue weighted by atomic mass is 10.2. The Hall–Kier alpha value is -2.84. The summed E-state index contributed by atoms with van der Waals surface area (Å²) in [5.41, 5.74) is 0.131. The van der Waals surface area contributed by atoms with Gasteiger partial charge in [-0.25, -0.2) is 14.6 Å². The number of amides is 3. The smallest absolute Gasteiger partial charge is 0.413 e. The third kappa shape index (κ3) is 9.14. The predicted molar refractivity (Wildman–Crippen MR) is 91.0 cm³/mol. The average molecular weight is 352 g/mol. The summed E-state index contributed by atoms with van der Waals surface area (Å²) in [6.07, 6.45) is 0.919. The number of hydrogen-bond donors (Lipinski definition) is 3. The van der Waals surface area contributed by atoms with E-state index >= 15 is 0 Å². The van der Waals surface area contributed by atoms with Gasteiger partial charge in [0.05, 0.1) is 6.61 Å². The van der Waals surface area contributed by atoms with Crippen LogP contribution in [0.3, 0.4) is 0 Å². The summed E-state index contributed by atoms with van der Waals surface area (Å²) in [4.78, 5) is 38.4. The van der Waals surface area contributed by atoms with Crippen molar-refractivity contribution >= 4 is 23.9 Å². The highest BCUT2D eigenvalue weighted by atomic mass is 16.6. The van der Waals surface area contributed by atoms with E-state index in [2.05, 4.69) is 20.9 Å². The van der Waals surface area contributed by atoms with Crippen molar-refractivity contribution < 1.29 is 23.9 Å². The molecule has 0 fully saturated rings. The molecule has 9 heteroatoms. The third-order valence-corrected chi connectivity index (χ3v) is 2.61. The monoisotopic (exact) mass is 352 g/mol. The van der Waals surface area contributed by atoms with Crippen LogP contribution in [0.2, 0.25) is 0 Å². The van der Waals surface area contributed by atoms with Crippen LogP contribution in [0.1, 0.15) is 33.3 Å². The van der Waals surface area contributed by atoms with Crippen molar-refractivity contribution in [2.45, 2.75) is 39.8 Å². The van der Waals surface area contributed by atoms with E-state index < -0.39 is 23.7 Å². The van der Waals surface area contributed by atoms with Crippen molar-refractivity contribution in [3.8, 4) is 0 Å². The molecule has 0 unspecified atom stereocenters. The summed E-state index contributed by atoms with van der Waals surface area (Å²) in [6.45, 7) is 7.26. The van der Waals surface area contributed by atoms with Crippen LogP contribution in [0.15, 0.2) is 18.3 Å².